The highest BCUT2D eigenvalue weighted by Gasteiger charge is 2.37. The van der Waals surface area contributed by atoms with Gasteiger partial charge in [-0.25, -0.2) is 17.8 Å². The van der Waals surface area contributed by atoms with Crippen LogP contribution >= 0.6 is 24.8 Å². The molecule has 3 saturated heterocycles. The molecule has 0 aliphatic carbocycles. The van der Waals surface area contributed by atoms with Gasteiger partial charge in [-0.05, 0) is 93.4 Å². The second kappa shape index (κ2) is 10.6. The standard InChI is InChI=1S/C26H31FN4O2S.2ClH/c1-34(32,33)21-6-2-17(3-7-21)26-29-23-9-8-22(24(27)25(23)30-26)16-10-12-31(13-11-16)20-14-18-4-5-19(15-20)28-18;;/h2-3,6-9,16,18-20,28H,4-5,10-15H2,1H3,(H,29,30);2*1H. The molecular weight excluding hydrogens is 522 g/mol. The molecule has 0 radical (unpaired) electrons. The summed E-state index contributed by atoms with van der Waals surface area (Å²) in [5, 5.41) is 3.73. The Morgan fingerprint density at radius 3 is 2.19 bits per heavy atom. The first kappa shape index (κ1) is 27.3. The Morgan fingerprint density at radius 2 is 1.58 bits per heavy atom. The zero-order chi connectivity index (χ0) is 23.4. The number of likely N-dealkylation sites (tertiary alicyclic amines) is 1. The molecule has 3 aliphatic heterocycles. The van der Waals surface area contributed by atoms with E-state index >= 15 is 4.39 Å². The predicted octanol–water partition coefficient (Wildman–Crippen LogP) is 5.08. The molecule has 0 saturated carbocycles. The quantitative estimate of drug-likeness (QED) is 0.470. The largest absolute Gasteiger partial charge is 0.338 e. The number of aromatic nitrogens is 2. The van der Waals surface area contributed by atoms with Crippen LogP contribution in [0.25, 0.3) is 22.4 Å². The number of piperidine rings is 2. The van der Waals surface area contributed by atoms with Gasteiger partial charge >= 0.3 is 0 Å². The summed E-state index contributed by atoms with van der Waals surface area (Å²) in [5.41, 5.74) is 2.51. The van der Waals surface area contributed by atoms with Gasteiger partial charge in [0.1, 0.15) is 11.3 Å². The highest BCUT2D eigenvalue weighted by atomic mass is 35.5. The summed E-state index contributed by atoms with van der Waals surface area (Å²) in [6, 6.07) is 12.4. The predicted molar refractivity (Wildman–Crippen MR) is 146 cm³/mol. The normalized spacial score (nSPS) is 24.9. The van der Waals surface area contributed by atoms with E-state index in [0.717, 1.165) is 37.1 Å². The Balaban J connectivity index is 0.00000152. The number of H-pyrrole nitrogens is 1. The number of rotatable bonds is 4. The fraction of sp³-hybridized carbons (Fsp3) is 0.500. The molecule has 36 heavy (non-hydrogen) atoms. The van der Waals surface area contributed by atoms with Crippen molar-refractivity contribution in [2.75, 3.05) is 19.3 Å². The molecule has 0 spiro atoms. The molecule has 3 fully saturated rings. The van der Waals surface area contributed by atoms with E-state index in [-0.39, 0.29) is 41.4 Å². The molecular formula is C26H33Cl2FN4O2S. The zero-order valence-corrected chi connectivity index (χ0v) is 22.7. The van der Waals surface area contributed by atoms with Crippen molar-refractivity contribution in [1.29, 1.82) is 0 Å². The van der Waals surface area contributed by atoms with Crippen LogP contribution in [0.15, 0.2) is 41.3 Å². The molecule has 2 atom stereocenters. The number of fused-ring (bicyclic) bond motifs is 3. The van der Waals surface area contributed by atoms with E-state index in [0.29, 0.717) is 35.0 Å². The van der Waals surface area contributed by atoms with Crippen molar-refractivity contribution in [2.45, 2.75) is 67.5 Å². The molecule has 6 nitrogen and oxygen atoms in total. The van der Waals surface area contributed by atoms with Gasteiger partial charge < -0.3 is 15.2 Å². The fourth-order valence-electron chi connectivity index (χ4n) is 6.27. The average molecular weight is 556 g/mol. The fourth-order valence-corrected chi connectivity index (χ4v) is 6.90. The van der Waals surface area contributed by atoms with Crippen LogP contribution in [0.3, 0.4) is 0 Å². The number of aromatic amines is 1. The Labute approximate surface area is 224 Å². The van der Waals surface area contributed by atoms with E-state index in [1.807, 2.05) is 12.1 Å². The maximum absolute atomic E-state index is 15.6. The minimum absolute atomic E-state index is 0. The minimum atomic E-state index is -3.26. The van der Waals surface area contributed by atoms with Crippen LogP contribution in [-0.2, 0) is 9.84 Å². The van der Waals surface area contributed by atoms with Crippen molar-refractivity contribution < 1.29 is 12.8 Å². The van der Waals surface area contributed by atoms with Crippen molar-refractivity contribution in [2.24, 2.45) is 0 Å². The highest BCUT2D eigenvalue weighted by Crippen LogP contribution is 2.36. The molecule has 196 valence electrons. The molecule has 3 aliphatic rings. The van der Waals surface area contributed by atoms with E-state index in [2.05, 4.69) is 20.2 Å². The number of halogens is 3. The second-order valence-corrected chi connectivity index (χ2v) is 12.3. The summed E-state index contributed by atoms with van der Waals surface area (Å²) in [6.45, 7) is 2.06. The van der Waals surface area contributed by atoms with Crippen LogP contribution in [0.2, 0.25) is 0 Å². The molecule has 10 heteroatoms. The van der Waals surface area contributed by atoms with E-state index in [1.165, 1.54) is 31.9 Å². The van der Waals surface area contributed by atoms with Crippen LogP contribution < -0.4 is 5.32 Å². The first-order valence-corrected chi connectivity index (χ1v) is 14.2. The first-order chi connectivity index (χ1) is 16.3. The number of nitrogens with one attached hydrogen (secondary N) is 2. The van der Waals surface area contributed by atoms with Crippen molar-refractivity contribution >= 4 is 45.7 Å². The maximum atomic E-state index is 15.6. The summed E-state index contributed by atoms with van der Waals surface area (Å²) < 4.78 is 39.0. The van der Waals surface area contributed by atoms with Crippen LogP contribution in [0.5, 0.6) is 0 Å². The summed E-state index contributed by atoms with van der Waals surface area (Å²) in [7, 11) is -3.26. The molecule has 2 unspecified atom stereocenters. The summed E-state index contributed by atoms with van der Waals surface area (Å²) in [5.74, 6) is 0.529. The Kier molecular flexibility index (Phi) is 8.03. The van der Waals surface area contributed by atoms with Gasteiger partial charge in [-0.1, -0.05) is 6.07 Å². The van der Waals surface area contributed by atoms with Crippen molar-refractivity contribution in [1.82, 2.24) is 20.2 Å². The Hall–Kier alpha value is -1.71. The minimum Gasteiger partial charge on any atom is -0.338 e. The van der Waals surface area contributed by atoms with Crippen molar-refractivity contribution in [3.05, 3.63) is 47.8 Å². The number of benzene rings is 2. The van der Waals surface area contributed by atoms with E-state index in [9.17, 15) is 8.42 Å². The van der Waals surface area contributed by atoms with Gasteiger partial charge in [-0.3, -0.25) is 0 Å². The lowest BCUT2D eigenvalue weighted by Gasteiger charge is -2.41. The number of hydrogen-bond acceptors (Lipinski definition) is 5. The van der Waals surface area contributed by atoms with Gasteiger partial charge in [0.2, 0.25) is 0 Å². The molecule has 2 bridgehead atoms. The number of nitrogens with zero attached hydrogens (tertiary/aromatic N) is 2. The molecule has 4 heterocycles. The topological polar surface area (TPSA) is 78.1 Å². The van der Waals surface area contributed by atoms with Gasteiger partial charge in [0.25, 0.3) is 0 Å². The van der Waals surface area contributed by atoms with Gasteiger partial charge in [-0.2, -0.15) is 0 Å². The molecule has 6 rings (SSSR count). The third-order valence-electron chi connectivity index (χ3n) is 8.11. The Morgan fingerprint density at radius 1 is 0.944 bits per heavy atom. The molecule has 2 N–H and O–H groups in total. The summed E-state index contributed by atoms with van der Waals surface area (Å²) in [4.78, 5) is 10.6. The average Bonchev–Trinajstić information content (AvgIpc) is 3.42. The SMILES string of the molecule is CS(=O)(=O)c1ccc(-c2nc3c(F)c(C4CCN(C5CC6CCC(C5)N6)CC4)ccc3[nH]2)cc1.Cl.Cl. The third kappa shape index (κ3) is 5.16. The van der Waals surface area contributed by atoms with Crippen molar-refractivity contribution in [3.63, 3.8) is 0 Å². The highest BCUT2D eigenvalue weighted by molar-refractivity contribution is 7.90. The van der Waals surface area contributed by atoms with Gasteiger partial charge in [0.05, 0.1) is 10.4 Å². The smallest absolute Gasteiger partial charge is 0.175 e. The monoisotopic (exact) mass is 554 g/mol. The Bertz CT molecular complexity index is 1310. The lowest BCUT2D eigenvalue weighted by molar-refractivity contribution is 0.110. The van der Waals surface area contributed by atoms with E-state index in [4.69, 9.17) is 0 Å². The maximum Gasteiger partial charge on any atom is 0.175 e. The van der Waals surface area contributed by atoms with Crippen LogP contribution in [0, 0.1) is 5.82 Å². The van der Waals surface area contributed by atoms with E-state index < -0.39 is 9.84 Å². The lowest BCUT2D eigenvalue weighted by atomic mass is 9.87. The number of hydrogen-bond donors (Lipinski definition) is 2. The second-order valence-electron chi connectivity index (χ2n) is 10.3. The van der Waals surface area contributed by atoms with Crippen LogP contribution in [-0.4, -0.2) is 60.8 Å². The summed E-state index contributed by atoms with van der Waals surface area (Å²) in [6.07, 6.45) is 8.27. The third-order valence-corrected chi connectivity index (χ3v) is 9.24. The van der Waals surface area contributed by atoms with E-state index in [1.54, 1.807) is 24.3 Å². The van der Waals surface area contributed by atoms with Gasteiger partial charge in [0.15, 0.2) is 15.7 Å². The molecule has 2 aromatic carbocycles. The zero-order valence-electron chi connectivity index (χ0n) is 20.2. The number of imidazole rings is 1. The molecule has 3 aromatic rings. The van der Waals surface area contributed by atoms with Gasteiger partial charge in [-0.15, -0.1) is 24.8 Å². The van der Waals surface area contributed by atoms with Gasteiger partial charge in [0, 0.05) is 29.9 Å². The van der Waals surface area contributed by atoms with Crippen LogP contribution in [0.4, 0.5) is 4.39 Å². The first-order valence-electron chi connectivity index (χ1n) is 12.3. The molecule has 1 aromatic heterocycles. The lowest BCUT2D eigenvalue weighted by Crippen LogP contribution is -2.50. The van der Waals surface area contributed by atoms with Crippen molar-refractivity contribution in [3.8, 4) is 11.4 Å². The number of sulfone groups is 1. The van der Waals surface area contributed by atoms with Crippen LogP contribution in [0.1, 0.15) is 50.0 Å². The summed E-state index contributed by atoms with van der Waals surface area (Å²) >= 11 is 0. The molecule has 0 amide bonds.